The quantitative estimate of drug-likeness (QED) is 0.503. The normalized spacial score (nSPS) is 17.7. The Kier molecular flexibility index (Phi) is 7.19. The van der Waals surface area contributed by atoms with Crippen molar-refractivity contribution in [1.29, 1.82) is 0 Å². The van der Waals surface area contributed by atoms with Gasteiger partial charge in [0.05, 0.1) is 23.2 Å². The van der Waals surface area contributed by atoms with Crippen LogP contribution in [0.4, 0.5) is 0 Å². The molecule has 0 radical (unpaired) electrons. The zero-order valence-corrected chi connectivity index (χ0v) is 21.4. The number of aryl methyl sites for hydroxylation is 2. The van der Waals surface area contributed by atoms with Crippen LogP contribution in [0.5, 0.6) is 0 Å². The summed E-state index contributed by atoms with van der Waals surface area (Å²) in [5.41, 5.74) is 3.69. The molecule has 0 spiro atoms. The molecule has 0 unspecified atom stereocenters. The van der Waals surface area contributed by atoms with Gasteiger partial charge in [-0.15, -0.1) is 5.10 Å². The van der Waals surface area contributed by atoms with Crippen LogP contribution in [0.15, 0.2) is 23.0 Å². The number of hydrogen-bond donors (Lipinski definition) is 1. The Morgan fingerprint density at radius 1 is 1.26 bits per heavy atom. The largest absolute Gasteiger partial charge is 0.377 e. The van der Waals surface area contributed by atoms with Crippen molar-refractivity contribution in [3.8, 4) is 0 Å². The molecular weight excluding hydrogens is 428 g/mol. The fraction of sp³-hybridized carbons (Fsp3) is 0.615. The highest BCUT2D eigenvalue weighted by Gasteiger charge is 2.32. The van der Waals surface area contributed by atoms with E-state index >= 15 is 0 Å². The van der Waals surface area contributed by atoms with Crippen LogP contribution in [-0.2, 0) is 16.8 Å². The lowest BCUT2D eigenvalue weighted by atomic mass is 10.0. The van der Waals surface area contributed by atoms with Gasteiger partial charge in [-0.1, -0.05) is 25.5 Å². The van der Waals surface area contributed by atoms with Crippen LogP contribution in [0.2, 0.25) is 0 Å². The summed E-state index contributed by atoms with van der Waals surface area (Å²) in [5, 5.41) is 13.9. The summed E-state index contributed by atoms with van der Waals surface area (Å²) in [4.78, 5) is 18.6. The first-order chi connectivity index (χ1) is 16.2. The summed E-state index contributed by atoms with van der Waals surface area (Å²) in [6.07, 6.45) is 4.00. The van der Waals surface area contributed by atoms with Crippen LogP contribution in [-0.4, -0.2) is 49.3 Å². The first-order valence-corrected chi connectivity index (χ1v) is 12.5. The van der Waals surface area contributed by atoms with Crippen molar-refractivity contribution in [2.75, 3.05) is 13.2 Å². The van der Waals surface area contributed by atoms with Crippen LogP contribution in [0, 0.1) is 13.8 Å². The number of pyridine rings is 1. The highest BCUT2D eigenvalue weighted by atomic mass is 16.5. The number of benzene rings is 1. The zero-order valence-electron chi connectivity index (χ0n) is 21.4. The second kappa shape index (κ2) is 9.96. The number of fused-ring (bicyclic) bond motifs is 1. The molecule has 1 aromatic carbocycles. The Balaban J connectivity index is 1.74. The molecule has 2 atom stereocenters. The highest BCUT2D eigenvalue weighted by Crippen LogP contribution is 2.30. The molecule has 1 aliphatic heterocycles. The average molecular weight is 467 g/mol. The highest BCUT2D eigenvalue weighted by molar-refractivity contribution is 5.82. The molecule has 184 valence electrons. The van der Waals surface area contributed by atoms with Gasteiger partial charge in [0.1, 0.15) is 0 Å². The summed E-state index contributed by atoms with van der Waals surface area (Å²) >= 11 is 0. The van der Waals surface area contributed by atoms with Crippen LogP contribution in [0.25, 0.3) is 10.9 Å². The molecule has 0 amide bonds. The van der Waals surface area contributed by atoms with E-state index in [1.807, 2.05) is 17.7 Å². The second-order valence-corrected chi connectivity index (χ2v) is 10.3. The maximum Gasteiger partial charge on any atom is 0.252 e. The monoisotopic (exact) mass is 466 g/mol. The Morgan fingerprint density at radius 3 is 2.74 bits per heavy atom. The van der Waals surface area contributed by atoms with Gasteiger partial charge in [0.15, 0.2) is 5.82 Å². The number of H-pyrrole nitrogens is 1. The number of rotatable bonds is 9. The third-order valence-corrected chi connectivity index (χ3v) is 7.26. The first-order valence-electron chi connectivity index (χ1n) is 12.5. The lowest BCUT2D eigenvalue weighted by molar-refractivity contribution is 0.0475. The lowest BCUT2D eigenvalue weighted by Crippen LogP contribution is -2.39. The molecule has 8 heteroatoms. The van der Waals surface area contributed by atoms with Gasteiger partial charge < -0.3 is 9.72 Å². The minimum Gasteiger partial charge on any atom is -0.377 e. The summed E-state index contributed by atoms with van der Waals surface area (Å²) in [6, 6.07) is 6.25. The van der Waals surface area contributed by atoms with E-state index in [-0.39, 0.29) is 23.2 Å². The predicted octanol–water partition coefficient (Wildman–Crippen LogP) is 4.41. The van der Waals surface area contributed by atoms with Crippen molar-refractivity contribution in [3.63, 3.8) is 0 Å². The molecule has 1 fully saturated rings. The van der Waals surface area contributed by atoms with Crippen molar-refractivity contribution in [2.24, 2.45) is 0 Å². The number of ether oxygens (including phenoxy) is 1. The van der Waals surface area contributed by atoms with Crippen LogP contribution >= 0.6 is 0 Å². The van der Waals surface area contributed by atoms with E-state index in [1.54, 1.807) is 0 Å². The van der Waals surface area contributed by atoms with Crippen molar-refractivity contribution in [2.45, 2.75) is 91.5 Å². The Bertz CT molecular complexity index is 1190. The Hall–Kier alpha value is -2.58. The molecule has 2 aromatic heterocycles. The molecule has 1 aliphatic rings. The van der Waals surface area contributed by atoms with Gasteiger partial charge >= 0.3 is 0 Å². The van der Waals surface area contributed by atoms with E-state index in [2.05, 4.69) is 72.2 Å². The van der Waals surface area contributed by atoms with Gasteiger partial charge in [-0.25, -0.2) is 4.68 Å². The summed E-state index contributed by atoms with van der Waals surface area (Å²) in [7, 11) is 0. The minimum atomic E-state index is -0.197. The van der Waals surface area contributed by atoms with Gasteiger partial charge in [0.2, 0.25) is 0 Å². The number of nitrogens with zero attached hydrogens (tertiary/aromatic N) is 5. The number of tetrazole rings is 1. The molecule has 3 aromatic rings. The topological polar surface area (TPSA) is 88.9 Å². The molecular formula is C26H38N6O2. The summed E-state index contributed by atoms with van der Waals surface area (Å²) in [5.74, 6) is 0.844. The van der Waals surface area contributed by atoms with E-state index in [1.165, 1.54) is 5.56 Å². The van der Waals surface area contributed by atoms with Crippen LogP contribution in [0.1, 0.15) is 81.9 Å². The van der Waals surface area contributed by atoms with Gasteiger partial charge in [0.25, 0.3) is 5.56 Å². The number of nitrogens with one attached hydrogen (secondary N) is 1. The van der Waals surface area contributed by atoms with Crippen molar-refractivity contribution >= 4 is 10.9 Å². The second-order valence-electron chi connectivity index (χ2n) is 10.3. The van der Waals surface area contributed by atoms with Crippen LogP contribution < -0.4 is 5.56 Å². The van der Waals surface area contributed by atoms with Gasteiger partial charge in [-0.2, -0.15) is 0 Å². The molecule has 8 nitrogen and oxygen atoms in total. The summed E-state index contributed by atoms with van der Waals surface area (Å²) in [6.45, 7) is 14.8. The fourth-order valence-electron chi connectivity index (χ4n) is 5.01. The van der Waals surface area contributed by atoms with Crippen molar-refractivity contribution in [1.82, 2.24) is 30.1 Å². The molecule has 34 heavy (non-hydrogen) atoms. The van der Waals surface area contributed by atoms with Crippen molar-refractivity contribution < 1.29 is 4.74 Å². The molecule has 3 heterocycles. The van der Waals surface area contributed by atoms with E-state index in [4.69, 9.17) is 4.74 Å². The Morgan fingerprint density at radius 2 is 2.06 bits per heavy atom. The predicted molar refractivity (Wildman–Crippen MR) is 134 cm³/mol. The third kappa shape index (κ3) is 4.93. The molecule has 1 saturated heterocycles. The van der Waals surface area contributed by atoms with E-state index in [0.29, 0.717) is 6.54 Å². The average Bonchev–Trinajstić information content (AvgIpc) is 3.48. The number of aromatic nitrogens is 5. The fourth-order valence-corrected chi connectivity index (χ4v) is 5.01. The number of hydrogen-bond acceptors (Lipinski definition) is 6. The Labute approximate surface area is 201 Å². The van der Waals surface area contributed by atoms with Crippen molar-refractivity contribution in [3.05, 3.63) is 51.1 Å². The lowest BCUT2D eigenvalue weighted by Gasteiger charge is -2.34. The zero-order chi connectivity index (χ0) is 24.5. The smallest absolute Gasteiger partial charge is 0.252 e. The third-order valence-electron chi connectivity index (χ3n) is 7.26. The van der Waals surface area contributed by atoms with E-state index in [0.717, 1.165) is 66.7 Å². The minimum absolute atomic E-state index is 0.0284. The summed E-state index contributed by atoms with van der Waals surface area (Å²) < 4.78 is 7.96. The van der Waals surface area contributed by atoms with Crippen LogP contribution in [0.3, 0.4) is 0 Å². The maximum atomic E-state index is 13.2. The van der Waals surface area contributed by atoms with E-state index in [9.17, 15) is 4.79 Å². The van der Waals surface area contributed by atoms with Gasteiger partial charge in [-0.05, 0) is 86.9 Å². The first kappa shape index (κ1) is 24.5. The molecule has 0 saturated carbocycles. The molecule has 0 bridgehead atoms. The SMILES string of the molecule is CC[C@@H](c1nnnn1C(C)(C)CC)N(Cc1cc2cc(C)cc(C)c2[nH]c1=O)C[C@@H]1CCCO1. The van der Waals surface area contributed by atoms with Gasteiger partial charge in [-0.3, -0.25) is 9.69 Å². The molecule has 4 rings (SSSR count). The maximum absolute atomic E-state index is 13.2. The van der Waals surface area contributed by atoms with E-state index < -0.39 is 0 Å². The molecule has 1 N–H and O–H groups in total. The number of aromatic amines is 1. The standard InChI is InChI=1S/C26H38N6O2/c1-7-22(24-28-29-30-32(24)26(5,6)8-2)31(16-21-10-9-11-34-21)15-20-14-19-13-17(3)12-18(4)23(19)27-25(20)33/h12-14,21-22H,7-11,15-16H2,1-6H3,(H,27,33)/t21-,22-/m0/s1. The molecule has 0 aliphatic carbocycles. The van der Waals surface area contributed by atoms with Gasteiger partial charge in [0, 0.05) is 25.3 Å².